The van der Waals surface area contributed by atoms with Gasteiger partial charge in [-0.1, -0.05) is 18.2 Å². The number of aryl methyl sites for hydroxylation is 3. The SMILES string of the molecule is Cc1ccc(N(CC(=O)NCCCc2ccc(OC(C)C)cc2)S(C)(=O)=O)cc1C. The molecule has 6 nitrogen and oxygen atoms in total. The summed E-state index contributed by atoms with van der Waals surface area (Å²) in [6.07, 6.45) is 2.83. The number of ether oxygens (including phenoxy) is 1. The van der Waals surface area contributed by atoms with Gasteiger partial charge in [0, 0.05) is 6.54 Å². The molecule has 0 unspecified atom stereocenters. The summed E-state index contributed by atoms with van der Waals surface area (Å²) < 4.78 is 31.2. The minimum absolute atomic E-state index is 0.140. The number of nitrogens with zero attached hydrogens (tertiary/aromatic N) is 1. The minimum Gasteiger partial charge on any atom is -0.491 e. The molecular formula is C23H32N2O4S. The first kappa shape index (κ1) is 23.7. The van der Waals surface area contributed by atoms with Crippen molar-refractivity contribution in [2.75, 3.05) is 23.7 Å². The molecule has 2 aromatic rings. The number of carbonyl (C=O) groups excluding carboxylic acids is 1. The van der Waals surface area contributed by atoms with E-state index in [0.29, 0.717) is 12.2 Å². The molecule has 0 aromatic heterocycles. The minimum atomic E-state index is -3.57. The van der Waals surface area contributed by atoms with Crippen LogP contribution in [0.3, 0.4) is 0 Å². The molecule has 2 rings (SSSR count). The van der Waals surface area contributed by atoms with Gasteiger partial charge in [0.15, 0.2) is 0 Å². The average Bonchev–Trinajstić information content (AvgIpc) is 2.65. The van der Waals surface area contributed by atoms with Crippen molar-refractivity contribution in [3.63, 3.8) is 0 Å². The molecule has 0 radical (unpaired) electrons. The van der Waals surface area contributed by atoms with Crippen molar-refractivity contribution in [2.24, 2.45) is 0 Å². The van der Waals surface area contributed by atoms with Crippen molar-refractivity contribution in [3.8, 4) is 5.75 Å². The third-order valence-corrected chi connectivity index (χ3v) is 5.87. The Bertz CT molecular complexity index is 954. The van der Waals surface area contributed by atoms with Gasteiger partial charge in [-0.25, -0.2) is 8.42 Å². The molecule has 0 aliphatic rings. The van der Waals surface area contributed by atoms with Crippen molar-refractivity contribution < 1.29 is 17.9 Å². The summed E-state index contributed by atoms with van der Waals surface area (Å²) in [5.74, 6) is 0.522. The van der Waals surface area contributed by atoms with Crippen LogP contribution in [0.1, 0.15) is 37.0 Å². The van der Waals surface area contributed by atoms with E-state index in [0.717, 1.165) is 45.8 Å². The fourth-order valence-electron chi connectivity index (χ4n) is 2.99. The Labute approximate surface area is 180 Å². The van der Waals surface area contributed by atoms with Crippen LogP contribution < -0.4 is 14.4 Å². The van der Waals surface area contributed by atoms with E-state index in [1.165, 1.54) is 0 Å². The molecule has 30 heavy (non-hydrogen) atoms. The largest absolute Gasteiger partial charge is 0.491 e. The molecule has 0 spiro atoms. The number of amides is 1. The molecule has 164 valence electrons. The summed E-state index contributed by atoms with van der Waals surface area (Å²) in [7, 11) is -3.57. The molecule has 0 aliphatic carbocycles. The Morgan fingerprint density at radius 3 is 2.30 bits per heavy atom. The number of hydrogen-bond acceptors (Lipinski definition) is 4. The Morgan fingerprint density at radius 2 is 1.73 bits per heavy atom. The van der Waals surface area contributed by atoms with E-state index in [1.807, 2.05) is 58.0 Å². The molecule has 0 bridgehead atoms. The van der Waals surface area contributed by atoms with E-state index in [1.54, 1.807) is 12.1 Å². The topological polar surface area (TPSA) is 75.7 Å². The van der Waals surface area contributed by atoms with Gasteiger partial charge in [0.05, 0.1) is 18.0 Å². The number of carbonyl (C=O) groups is 1. The van der Waals surface area contributed by atoms with E-state index in [-0.39, 0.29) is 18.6 Å². The van der Waals surface area contributed by atoms with E-state index in [2.05, 4.69) is 5.32 Å². The molecule has 0 saturated carbocycles. The van der Waals surface area contributed by atoms with Crippen LogP contribution in [0.5, 0.6) is 5.75 Å². The molecule has 0 saturated heterocycles. The summed E-state index contributed by atoms with van der Waals surface area (Å²) in [6.45, 7) is 8.10. The monoisotopic (exact) mass is 432 g/mol. The molecule has 0 atom stereocenters. The quantitative estimate of drug-likeness (QED) is 0.582. The summed E-state index contributed by atoms with van der Waals surface area (Å²) in [5, 5.41) is 2.82. The molecule has 1 N–H and O–H groups in total. The van der Waals surface area contributed by atoms with Crippen molar-refractivity contribution in [3.05, 3.63) is 59.2 Å². The van der Waals surface area contributed by atoms with Crippen molar-refractivity contribution in [1.82, 2.24) is 5.32 Å². The highest BCUT2D eigenvalue weighted by molar-refractivity contribution is 7.92. The number of anilines is 1. The van der Waals surface area contributed by atoms with Crippen LogP contribution in [0.4, 0.5) is 5.69 Å². The van der Waals surface area contributed by atoms with Crippen LogP contribution >= 0.6 is 0 Å². The van der Waals surface area contributed by atoms with Crippen LogP contribution in [-0.2, 0) is 21.2 Å². The maximum atomic E-state index is 12.4. The molecule has 1 amide bonds. The molecular weight excluding hydrogens is 400 g/mol. The molecule has 2 aromatic carbocycles. The van der Waals surface area contributed by atoms with Gasteiger partial charge in [-0.15, -0.1) is 0 Å². The highest BCUT2D eigenvalue weighted by Gasteiger charge is 2.21. The number of rotatable bonds is 10. The Hall–Kier alpha value is -2.54. The predicted molar refractivity (Wildman–Crippen MR) is 122 cm³/mol. The van der Waals surface area contributed by atoms with E-state index >= 15 is 0 Å². The van der Waals surface area contributed by atoms with E-state index in [4.69, 9.17) is 4.74 Å². The summed E-state index contributed by atoms with van der Waals surface area (Å²) >= 11 is 0. The van der Waals surface area contributed by atoms with Crippen molar-refractivity contribution in [2.45, 2.75) is 46.6 Å². The van der Waals surface area contributed by atoms with Crippen molar-refractivity contribution in [1.29, 1.82) is 0 Å². The first-order valence-corrected chi connectivity index (χ1v) is 12.0. The fraction of sp³-hybridized carbons (Fsp3) is 0.435. The van der Waals surface area contributed by atoms with Gasteiger partial charge in [-0.2, -0.15) is 0 Å². The first-order chi connectivity index (χ1) is 14.1. The summed E-state index contributed by atoms with van der Waals surface area (Å²) in [5.41, 5.74) is 3.71. The number of hydrogen-bond donors (Lipinski definition) is 1. The molecule has 0 aliphatic heterocycles. The third kappa shape index (κ3) is 7.37. The van der Waals surface area contributed by atoms with Gasteiger partial charge in [-0.05, 0) is 81.5 Å². The first-order valence-electron chi connectivity index (χ1n) is 10.1. The van der Waals surface area contributed by atoms with Crippen LogP contribution in [0.15, 0.2) is 42.5 Å². The Kier molecular flexibility index (Phi) is 8.29. The van der Waals surface area contributed by atoms with Crippen LogP contribution in [0.25, 0.3) is 0 Å². The third-order valence-electron chi connectivity index (χ3n) is 4.73. The average molecular weight is 433 g/mol. The zero-order valence-corrected chi connectivity index (χ0v) is 19.3. The van der Waals surface area contributed by atoms with Crippen LogP contribution in [0, 0.1) is 13.8 Å². The number of benzene rings is 2. The maximum absolute atomic E-state index is 12.4. The van der Waals surface area contributed by atoms with Gasteiger partial charge < -0.3 is 10.1 Å². The van der Waals surface area contributed by atoms with E-state index < -0.39 is 10.0 Å². The number of sulfonamides is 1. The van der Waals surface area contributed by atoms with Gasteiger partial charge in [-0.3, -0.25) is 9.10 Å². The zero-order valence-electron chi connectivity index (χ0n) is 18.4. The standard InChI is InChI=1S/C23H32N2O4S/c1-17(2)29-22-12-9-20(10-13-22)7-6-14-24-23(26)16-25(30(5,27)28)21-11-8-18(3)19(4)15-21/h8-13,15,17H,6-7,14,16H2,1-5H3,(H,24,26). The second kappa shape index (κ2) is 10.5. The second-order valence-corrected chi connectivity index (χ2v) is 9.71. The Balaban J connectivity index is 1.86. The lowest BCUT2D eigenvalue weighted by molar-refractivity contribution is -0.119. The molecule has 0 fully saturated rings. The molecule has 7 heteroatoms. The zero-order chi connectivity index (χ0) is 22.3. The normalized spacial score (nSPS) is 11.4. The second-order valence-electron chi connectivity index (χ2n) is 7.80. The number of nitrogens with one attached hydrogen (secondary N) is 1. The molecule has 0 heterocycles. The van der Waals surface area contributed by atoms with Gasteiger partial charge in [0.2, 0.25) is 15.9 Å². The lowest BCUT2D eigenvalue weighted by Crippen LogP contribution is -2.40. The maximum Gasteiger partial charge on any atom is 0.240 e. The van der Waals surface area contributed by atoms with Crippen molar-refractivity contribution >= 4 is 21.6 Å². The van der Waals surface area contributed by atoms with Gasteiger partial charge in [0.25, 0.3) is 0 Å². The highest BCUT2D eigenvalue weighted by atomic mass is 32.2. The summed E-state index contributed by atoms with van der Waals surface area (Å²) in [6, 6.07) is 13.3. The summed E-state index contributed by atoms with van der Waals surface area (Å²) in [4.78, 5) is 12.4. The highest BCUT2D eigenvalue weighted by Crippen LogP contribution is 2.21. The van der Waals surface area contributed by atoms with Gasteiger partial charge >= 0.3 is 0 Å². The Morgan fingerprint density at radius 1 is 1.07 bits per heavy atom. The fourth-order valence-corrected chi connectivity index (χ4v) is 3.84. The van der Waals surface area contributed by atoms with Crippen LogP contribution in [-0.4, -0.2) is 39.8 Å². The van der Waals surface area contributed by atoms with Gasteiger partial charge in [0.1, 0.15) is 12.3 Å². The smallest absolute Gasteiger partial charge is 0.240 e. The van der Waals surface area contributed by atoms with Crippen LogP contribution in [0.2, 0.25) is 0 Å². The lowest BCUT2D eigenvalue weighted by Gasteiger charge is -2.22. The van der Waals surface area contributed by atoms with E-state index in [9.17, 15) is 13.2 Å². The predicted octanol–water partition coefficient (Wildman–Crippen LogP) is 3.61. The lowest BCUT2D eigenvalue weighted by atomic mass is 10.1.